The smallest absolute Gasteiger partial charge is 0.225 e. The molecular weight excluding hydrogens is 417 g/mol. The SMILES string of the molecule is CCCc1cnc(N2CCC([N+]3(c4ccc(S(C)(=O)=O)cc4F)C=CC=N3)CC2)nc1. The number of halogens is 1. The summed E-state index contributed by atoms with van der Waals surface area (Å²) in [6.07, 6.45) is 13.8. The number of benzene rings is 1. The van der Waals surface area contributed by atoms with E-state index in [0.717, 1.165) is 56.7 Å². The van der Waals surface area contributed by atoms with Gasteiger partial charge in [0.2, 0.25) is 5.95 Å². The van der Waals surface area contributed by atoms with E-state index < -0.39 is 15.7 Å². The molecule has 2 aliphatic rings. The van der Waals surface area contributed by atoms with Gasteiger partial charge in [-0.05, 0) is 24.1 Å². The number of aryl methyl sites for hydroxylation is 1. The Morgan fingerprint density at radius 2 is 1.90 bits per heavy atom. The number of rotatable bonds is 6. The Labute approximate surface area is 182 Å². The minimum Gasteiger partial charge on any atom is -0.340 e. The molecule has 0 saturated carbocycles. The van der Waals surface area contributed by atoms with Gasteiger partial charge in [-0.15, -0.1) is 4.59 Å². The Kier molecular flexibility index (Phi) is 5.90. The van der Waals surface area contributed by atoms with Gasteiger partial charge in [0, 0.05) is 56.7 Å². The Hall–Kier alpha value is -2.65. The van der Waals surface area contributed by atoms with Crippen molar-refractivity contribution >= 4 is 27.7 Å². The molecule has 0 radical (unpaired) electrons. The van der Waals surface area contributed by atoms with Gasteiger partial charge in [-0.2, -0.15) is 0 Å². The highest BCUT2D eigenvalue weighted by atomic mass is 32.2. The molecule has 4 rings (SSSR count). The quantitative estimate of drug-likeness (QED) is 0.638. The fourth-order valence-corrected chi connectivity index (χ4v) is 4.94. The highest BCUT2D eigenvalue weighted by Gasteiger charge is 2.44. The van der Waals surface area contributed by atoms with Gasteiger partial charge >= 0.3 is 0 Å². The van der Waals surface area contributed by atoms with E-state index in [1.807, 2.05) is 24.7 Å². The van der Waals surface area contributed by atoms with E-state index >= 15 is 4.39 Å². The Morgan fingerprint density at radius 1 is 1.19 bits per heavy atom. The standard InChI is InChI=1S/C22H27FN5O2S/c1-3-5-17-15-24-22(25-16-17)27-11-8-18(9-12-27)28(13-4-10-26-28)21-7-6-19(14-20(21)23)31(2,29)30/h4,6-7,10,13-16,18H,3,5,8-9,11-12H2,1-2H3/q+1. The van der Waals surface area contributed by atoms with Crippen LogP contribution < -0.4 is 9.49 Å². The van der Waals surface area contributed by atoms with Crippen LogP contribution in [0.2, 0.25) is 0 Å². The molecule has 1 aromatic heterocycles. The first-order chi connectivity index (χ1) is 14.8. The Morgan fingerprint density at radius 3 is 2.45 bits per heavy atom. The Bertz CT molecular complexity index is 1100. The summed E-state index contributed by atoms with van der Waals surface area (Å²) in [6, 6.07) is 4.12. The molecule has 1 saturated heterocycles. The summed E-state index contributed by atoms with van der Waals surface area (Å²) in [4.78, 5) is 11.1. The molecule has 164 valence electrons. The molecule has 1 aromatic carbocycles. The van der Waals surface area contributed by atoms with Crippen LogP contribution in [0.25, 0.3) is 0 Å². The summed E-state index contributed by atoms with van der Waals surface area (Å²) < 4.78 is 38.7. The predicted octanol–water partition coefficient (Wildman–Crippen LogP) is 3.46. The lowest BCUT2D eigenvalue weighted by Crippen LogP contribution is -2.53. The molecule has 0 aliphatic carbocycles. The first-order valence-corrected chi connectivity index (χ1v) is 12.4. The lowest BCUT2D eigenvalue weighted by atomic mass is 10.0. The second kappa shape index (κ2) is 8.47. The zero-order valence-corrected chi connectivity index (χ0v) is 18.6. The van der Waals surface area contributed by atoms with Gasteiger partial charge in [0.15, 0.2) is 21.3 Å². The number of anilines is 1. The summed E-state index contributed by atoms with van der Waals surface area (Å²) >= 11 is 0. The van der Waals surface area contributed by atoms with E-state index in [1.54, 1.807) is 12.3 Å². The van der Waals surface area contributed by atoms with Crippen LogP contribution in [0.3, 0.4) is 0 Å². The fourth-order valence-electron chi connectivity index (χ4n) is 4.31. The van der Waals surface area contributed by atoms with Crippen molar-refractivity contribution in [1.29, 1.82) is 0 Å². The molecule has 1 unspecified atom stereocenters. The molecule has 0 bridgehead atoms. The van der Waals surface area contributed by atoms with Crippen molar-refractivity contribution in [2.24, 2.45) is 5.10 Å². The largest absolute Gasteiger partial charge is 0.340 e. The molecule has 7 nitrogen and oxygen atoms in total. The second-order valence-electron chi connectivity index (χ2n) is 8.09. The zero-order valence-electron chi connectivity index (χ0n) is 17.8. The number of sulfone groups is 1. The van der Waals surface area contributed by atoms with Crippen molar-refractivity contribution in [2.45, 2.75) is 43.5 Å². The molecule has 3 heterocycles. The topological polar surface area (TPSA) is 75.5 Å². The van der Waals surface area contributed by atoms with Gasteiger partial charge in [-0.25, -0.2) is 22.8 Å². The van der Waals surface area contributed by atoms with Crippen molar-refractivity contribution in [3.8, 4) is 0 Å². The minimum atomic E-state index is -3.48. The summed E-state index contributed by atoms with van der Waals surface area (Å²) in [5.74, 6) is 0.151. The maximum absolute atomic E-state index is 15.1. The van der Waals surface area contributed by atoms with E-state index in [-0.39, 0.29) is 15.5 Å². The maximum Gasteiger partial charge on any atom is 0.225 e. The molecule has 9 heteroatoms. The highest BCUT2D eigenvalue weighted by Crippen LogP contribution is 2.38. The average Bonchev–Trinajstić information content (AvgIpc) is 3.25. The fraction of sp³-hybridized carbons (Fsp3) is 0.409. The highest BCUT2D eigenvalue weighted by molar-refractivity contribution is 7.90. The maximum atomic E-state index is 15.1. The lowest BCUT2D eigenvalue weighted by molar-refractivity contribution is 0.242. The number of piperidine rings is 1. The molecule has 1 fully saturated rings. The third-order valence-corrected chi connectivity index (χ3v) is 7.03. The van der Waals surface area contributed by atoms with Crippen molar-refractivity contribution in [3.63, 3.8) is 0 Å². The van der Waals surface area contributed by atoms with Gasteiger partial charge in [-0.1, -0.05) is 18.4 Å². The van der Waals surface area contributed by atoms with Gasteiger partial charge in [0.1, 0.15) is 12.2 Å². The van der Waals surface area contributed by atoms with E-state index in [0.29, 0.717) is 11.6 Å². The molecule has 0 amide bonds. The van der Waals surface area contributed by atoms with E-state index in [2.05, 4.69) is 26.9 Å². The molecular formula is C22H27FN5O2S+. The molecule has 31 heavy (non-hydrogen) atoms. The van der Waals surface area contributed by atoms with Crippen LogP contribution in [-0.4, -0.2) is 50.0 Å². The summed E-state index contributed by atoms with van der Waals surface area (Å²) in [7, 11) is -3.48. The van der Waals surface area contributed by atoms with Crippen molar-refractivity contribution in [1.82, 2.24) is 14.6 Å². The van der Waals surface area contributed by atoms with Gasteiger partial charge in [0.25, 0.3) is 0 Å². The summed E-state index contributed by atoms with van der Waals surface area (Å²) in [5, 5.41) is 4.61. The minimum absolute atomic E-state index is 0.0139. The van der Waals surface area contributed by atoms with Gasteiger partial charge in [-0.3, -0.25) is 0 Å². The number of hydrogen-bond donors (Lipinski definition) is 0. The Balaban J connectivity index is 1.54. The number of hydrogen-bond acceptors (Lipinski definition) is 6. The molecule has 0 N–H and O–H groups in total. The van der Waals surface area contributed by atoms with E-state index in [1.165, 1.54) is 6.07 Å². The average molecular weight is 445 g/mol. The van der Waals surface area contributed by atoms with Crippen LogP contribution in [0, 0.1) is 5.82 Å². The first kappa shape index (κ1) is 21.6. The monoisotopic (exact) mass is 444 g/mol. The number of nitrogens with zero attached hydrogens (tertiary/aromatic N) is 5. The number of aromatic nitrogens is 2. The summed E-state index contributed by atoms with van der Waals surface area (Å²) in [5.41, 5.74) is 1.49. The second-order valence-corrected chi connectivity index (χ2v) is 10.1. The van der Waals surface area contributed by atoms with Crippen LogP contribution in [0.1, 0.15) is 31.7 Å². The van der Waals surface area contributed by atoms with E-state index in [4.69, 9.17) is 0 Å². The van der Waals surface area contributed by atoms with Crippen LogP contribution in [0.4, 0.5) is 16.0 Å². The van der Waals surface area contributed by atoms with Crippen LogP contribution >= 0.6 is 0 Å². The van der Waals surface area contributed by atoms with Crippen LogP contribution in [0.5, 0.6) is 0 Å². The van der Waals surface area contributed by atoms with Crippen molar-refractivity contribution in [3.05, 3.63) is 54.2 Å². The molecule has 2 aliphatic heterocycles. The molecule has 0 spiro atoms. The molecule has 1 atom stereocenters. The molecule has 2 aromatic rings. The van der Waals surface area contributed by atoms with Gasteiger partial charge < -0.3 is 4.90 Å². The van der Waals surface area contributed by atoms with E-state index in [9.17, 15) is 8.42 Å². The lowest BCUT2D eigenvalue weighted by Gasteiger charge is -2.39. The zero-order chi connectivity index (χ0) is 22.1. The van der Waals surface area contributed by atoms with Crippen molar-refractivity contribution in [2.75, 3.05) is 24.2 Å². The normalized spacial score (nSPS) is 21.7. The van der Waals surface area contributed by atoms with Crippen LogP contribution in [-0.2, 0) is 16.3 Å². The van der Waals surface area contributed by atoms with Crippen LogP contribution in [0.15, 0.2) is 52.9 Å². The third-order valence-electron chi connectivity index (χ3n) is 5.92. The van der Waals surface area contributed by atoms with Crippen molar-refractivity contribution < 1.29 is 12.8 Å². The summed E-state index contributed by atoms with van der Waals surface area (Å²) in [6.45, 7) is 3.61. The number of allylic oxidation sites excluding steroid dienone is 1. The predicted molar refractivity (Wildman–Crippen MR) is 120 cm³/mol. The number of quaternary nitrogens is 1. The first-order valence-electron chi connectivity index (χ1n) is 10.5. The third kappa shape index (κ3) is 4.24. The van der Waals surface area contributed by atoms with Gasteiger partial charge in [0.05, 0.1) is 11.1 Å².